The van der Waals surface area contributed by atoms with Crippen molar-refractivity contribution in [3.8, 4) is 0 Å². The van der Waals surface area contributed by atoms with Crippen molar-refractivity contribution in [1.29, 1.82) is 0 Å². The van der Waals surface area contributed by atoms with Crippen LogP contribution in [0.15, 0.2) is 53.4 Å². The molecule has 2 aromatic carbocycles. The van der Waals surface area contributed by atoms with Crippen molar-refractivity contribution in [2.75, 3.05) is 11.1 Å². The average Bonchev–Trinajstić information content (AvgIpc) is 2.45. The molecule has 3 nitrogen and oxygen atoms in total. The summed E-state index contributed by atoms with van der Waals surface area (Å²) in [5.41, 5.74) is 1.53. The largest absolute Gasteiger partial charge is 0.389 e. The smallest absolute Gasteiger partial charge is 0.234 e. The molecule has 1 atom stereocenters. The Bertz CT molecular complexity index is 631. The number of aliphatic hydroxyl groups is 1. The Morgan fingerprint density at radius 1 is 1.29 bits per heavy atom. The van der Waals surface area contributed by atoms with E-state index in [1.165, 1.54) is 11.8 Å². The minimum Gasteiger partial charge on any atom is -0.389 e. The molecule has 5 heteroatoms. The molecule has 110 valence electrons. The fraction of sp³-hybridized carbons (Fsp3) is 0.188. The number of thioether (sulfide) groups is 1. The molecule has 2 N–H and O–H groups in total. The summed E-state index contributed by atoms with van der Waals surface area (Å²) in [5, 5.41) is 12.9. The first kappa shape index (κ1) is 15.9. The normalized spacial score (nSPS) is 12.0. The van der Waals surface area contributed by atoms with Gasteiger partial charge in [-0.25, -0.2) is 0 Å². The van der Waals surface area contributed by atoms with Crippen molar-refractivity contribution < 1.29 is 9.90 Å². The van der Waals surface area contributed by atoms with Crippen LogP contribution in [0.25, 0.3) is 0 Å². The first-order valence-electron chi connectivity index (χ1n) is 6.51. The molecule has 1 amide bonds. The van der Waals surface area contributed by atoms with Gasteiger partial charge in [0.15, 0.2) is 0 Å². The molecule has 2 aromatic rings. The van der Waals surface area contributed by atoms with Gasteiger partial charge in [0, 0.05) is 15.6 Å². The Morgan fingerprint density at radius 2 is 2.05 bits per heavy atom. The molecular formula is C16H16ClNO2S. The van der Waals surface area contributed by atoms with Gasteiger partial charge in [-0.3, -0.25) is 4.79 Å². The third-order valence-electron chi connectivity index (χ3n) is 2.82. The van der Waals surface area contributed by atoms with E-state index in [9.17, 15) is 9.90 Å². The maximum absolute atomic E-state index is 11.9. The highest BCUT2D eigenvalue weighted by Gasteiger charge is 2.06. The minimum atomic E-state index is -0.508. The van der Waals surface area contributed by atoms with Gasteiger partial charge in [0.25, 0.3) is 0 Å². The summed E-state index contributed by atoms with van der Waals surface area (Å²) >= 11 is 7.30. The Kier molecular flexibility index (Phi) is 5.67. The lowest BCUT2D eigenvalue weighted by Gasteiger charge is -2.08. The van der Waals surface area contributed by atoms with E-state index in [1.54, 1.807) is 31.2 Å². The number of carbonyl (C=O) groups excluding carboxylic acids is 1. The van der Waals surface area contributed by atoms with Crippen LogP contribution >= 0.6 is 23.4 Å². The van der Waals surface area contributed by atoms with E-state index in [4.69, 9.17) is 11.6 Å². The Balaban J connectivity index is 1.90. The summed E-state index contributed by atoms with van der Waals surface area (Å²) in [6, 6.07) is 14.6. The van der Waals surface area contributed by atoms with Crippen LogP contribution in [-0.2, 0) is 4.79 Å². The van der Waals surface area contributed by atoms with E-state index < -0.39 is 6.10 Å². The Labute approximate surface area is 133 Å². The number of hydrogen-bond acceptors (Lipinski definition) is 3. The van der Waals surface area contributed by atoms with Gasteiger partial charge >= 0.3 is 0 Å². The summed E-state index contributed by atoms with van der Waals surface area (Å²) < 4.78 is 0. The summed E-state index contributed by atoms with van der Waals surface area (Å²) in [5.74, 6) is 0.209. The van der Waals surface area contributed by atoms with Crippen LogP contribution in [0, 0.1) is 0 Å². The monoisotopic (exact) mass is 321 g/mol. The van der Waals surface area contributed by atoms with Gasteiger partial charge in [-0.05, 0) is 42.8 Å². The topological polar surface area (TPSA) is 49.3 Å². The zero-order valence-electron chi connectivity index (χ0n) is 11.5. The van der Waals surface area contributed by atoms with Crippen molar-refractivity contribution in [3.63, 3.8) is 0 Å². The van der Waals surface area contributed by atoms with Gasteiger partial charge in [0.1, 0.15) is 0 Å². The van der Waals surface area contributed by atoms with E-state index in [1.807, 2.05) is 24.3 Å². The van der Waals surface area contributed by atoms with Gasteiger partial charge < -0.3 is 10.4 Å². The van der Waals surface area contributed by atoms with E-state index >= 15 is 0 Å². The summed E-state index contributed by atoms with van der Waals surface area (Å²) in [7, 11) is 0. The van der Waals surface area contributed by atoms with Crippen LogP contribution in [-0.4, -0.2) is 16.8 Å². The molecule has 0 aliphatic rings. The summed E-state index contributed by atoms with van der Waals surface area (Å²) in [6.45, 7) is 1.72. The van der Waals surface area contributed by atoms with E-state index in [0.29, 0.717) is 16.5 Å². The predicted octanol–water partition coefficient (Wildman–Crippen LogP) is 4.12. The van der Waals surface area contributed by atoms with Gasteiger partial charge in [0.2, 0.25) is 5.91 Å². The highest BCUT2D eigenvalue weighted by molar-refractivity contribution is 8.00. The molecule has 2 rings (SSSR count). The molecule has 0 saturated heterocycles. The molecular weight excluding hydrogens is 306 g/mol. The summed E-state index contributed by atoms with van der Waals surface area (Å²) in [4.78, 5) is 12.8. The molecule has 0 radical (unpaired) electrons. The van der Waals surface area contributed by atoms with Crippen molar-refractivity contribution in [3.05, 3.63) is 59.1 Å². The lowest BCUT2D eigenvalue weighted by atomic mass is 10.1. The predicted molar refractivity (Wildman–Crippen MR) is 87.9 cm³/mol. The number of benzene rings is 2. The zero-order valence-corrected chi connectivity index (χ0v) is 13.1. The maximum atomic E-state index is 11.9. The molecule has 1 unspecified atom stereocenters. The number of nitrogens with one attached hydrogen (secondary N) is 1. The number of halogens is 1. The second-order valence-corrected chi connectivity index (χ2v) is 6.08. The first-order valence-corrected chi connectivity index (χ1v) is 7.87. The molecule has 0 aliphatic heterocycles. The number of amides is 1. The van der Waals surface area contributed by atoms with Crippen LogP contribution in [0.3, 0.4) is 0 Å². The van der Waals surface area contributed by atoms with Gasteiger partial charge in [-0.1, -0.05) is 29.8 Å². The van der Waals surface area contributed by atoms with Gasteiger partial charge in [-0.2, -0.15) is 0 Å². The lowest BCUT2D eigenvalue weighted by molar-refractivity contribution is -0.113. The van der Waals surface area contributed by atoms with Crippen LogP contribution in [0.1, 0.15) is 18.6 Å². The molecule has 0 spiro atoms. The molecule has 21 heavy (non-hydrogen) atoms. The summed E-state index contributed by atoms with van der Waals surface area (Å²) in [6.07, 6.45) is -0.508. The average molecular weight is 322 g/mol. The minimum absolute atomic E-state index is 0.0929. The molecule has 0 bridgehead atoms. The number of carbonyl (C=O) groups is 1. The number of anilines is 1. The highest BCUT2D eigenvalue weighted by atomic mass is 35.5. The molecule has 0 aliphatic carbocycles. The van der Waals surface area contributed by atoms with E-state index in [2.05, 4.69) is 5.32 Å². The molecule has 0 aromatic heterocycles. The van der Waals surface area contributed by atoms with Crippen LogP contribution < -0.4 is 5.32 Å². The lowest BCUT2D eigenvalue weighted by Crippen LogP contribution is -2.13. The number of hydrogen-bond donors (Lipinski definition) is 2. The van der Waals surface area contributed by atoms with Crippen molar-refractivity contribution in [2.24, 2.45) is 0 Å². The van der Waals surface area contributed by atoms with Gasteiger partial charge in [-0.15, -0.1) is 11.8 Å². The Morgan fingerprint density at radius 3 is 2.76 bits per heavy atom. The van der Waals surface area contributed by atoms with Crippen LogP contribution in [0.4, 0.5) is 5.69 Å². The molecule has 0 fully saturated rings. The van der Waals surface area contributed by atoms with E-state index in [-0.39, 0.29) is 5.91 Å². The number of rotatable bonds is 5. The molecule has 0 heterocycles. The maximum Gasteiger partial charge on any atom is 0.234 e. The van der Waals surface area contributed by atoms with Crippen LogP contribution in [0.2, 0.25) is 5.02 Å². The van der Waals surface area contributed by atoms with Crippen molar-refractivity contribution >= 4 is 35.0 Å². The second-order valence-electron chi connectivity index (χ2n) is 4.60. The van der Waals surface area contributed by atoms with Crippen molar-refractivity contribution in [1.82, 2.24) is 0 Å². The van der Waals surface area contributed by atoms with Crippen LogP contribution in [0.5, 0.6) is 0 Å². The van der Waals surface area contributed by atoms with Crippen molar-refractivity contribution in [2.45, 2.75) is 17.9 Å². The van der Waals surface area contributed by atoms with Gasteiger partial charge in [0.05, 0.1) is 11.9 Å². The third kappa shape index (κ3) is 5.08. The SMILES string of the molecule is CC(O)c1cccc(SCC(=O)Nc2cccc(Cl)c2)c1. The highest BCUT2D eigenvalue weighted by Crippen LogP contribution is 2.23. The first-order chi connectivity index (χ1) is 10.0. The fourth-order valence-electron chi connectivity index (χ4n) is 1.78. The molecule has 0 saturated carbocycles. The quantitative estimate of drug-likeness (QED) is 0.814. The second kappa shape index (κ2) is 7.50. The number of aliphatic hydroxyl groups excluding tert-OH is 1. The fourth-order valence-corrected chi connectivity index (χ4v) is 2.73. The zero-order chi connectivity index (χ0) is 15.2. The third-order valence-corrected chi connectivity index (χ3v) is 4.05. The Hall–Kier alpha value is -1.49. The standard InChI is InChI=1S/C16H16ClNO2S/c1-11(19)12-4-2-7-15(8-12)21-10-16(20)18-14-6-3-5-13(17)9-14/h2-9,11,19H,10H2,1H3,(H,18,20). The van der Waals surface area contributed by atoms with E-state index in [0.717, 1.165) is 10.5 Å².